The summed E-state index contributed by atoms with van der Waals surface area (Å²) < 4.78 is 18.6. The molecule has 0 saturated heterocycles. The van der Waals surface area contributed by atoms with Gasteiger partial charge in [0.05, 0.1) is 12.3 Å². The highest BCUT2D eigenvalue weighted by atomic mass is 32.2. The summed E-state index contributed by atoms with van der Waals surface area (Å²) in [7, 11) is 0. The molecule has 0 fully saturated rings. The van der Waals surface area contributed by atoms with Crippen molar-refractivity contribution < 1.29 is 8.91 Å². The van der Waals surface area contributed by atoms with Crippen molar-refractivity contribution in [1.29, 1.82) is 0 Å². The number of hydrogen-bond acceptors (Lipinski definition) is 5. The van der Waals surface area contributed by atoms with Gasteiger partial charge >= 0.3 is 0 Å². The number of benzene rings is 1. The van der Waals surface area contributed by atoms with Crippen molar-refractivity contribution in [3.63, 3.8) is 0 Å². The van der Waals surface area contributed by atoms with Crippen LogP contribution in [-0.2, 0) is 12.3 Å². The molecule has 0 aliphatic rings. The predicted molar refractivity (Wildman–Crippen MR) is 76.9 cm³/mol. The van der Waals surface area contributed by atoms with Crippen LogP contribution in [-0.4, -0.2) is 15.7 Å². The lowest BCUT2D eigenvalue weighted by Gasteiger charge is -2.18. The van der Waals surface area contributed by atoms with E-state index in [4.69, 9.17) is 4.52 Å². The van der Waals surface area contributed by atoms with E-state index in [1.54, 1.807) is 18.2 Å². The summed E-state index contributed by atoms with van der Waals surface area (Å²) >= 11 is 1.36. The quantitative estimate of drug-likeness (QED) is 0.857. The van der Waals surface area contributed by atoms with Crippen molar-refractivity contribution in [1.82, 2.24) is 15.5 Å². The van der Waals surface area contributed by atoms with Crippen molar-refractivity contribution in [3.8, 4) is 0 Å². The Morgan fingerprint density at radius 3 is 2.75 bits per heavy atom. The molecule has 1 N–H and O–H groups in total. The molecule has 0 spiro atoms. The van der Waals surface area contributed by atoms with E-state index < -0.39 is 0 Å². The Labute approximate surface area is 122 Å². The van der Waals surface area contributed by atoms with Crippen molar-refractivity contribution >= 4 is 11.8 Å². The minimum absolute atomic E-state index is 0.00342. The number of thioether (sulfide) groups is 1. The Kier molecular flexibility index (Phi) is 4.77. The highest BCUT2D eigenvalue weighted by molar-refractivity contribution is 7.98. The Morgan fingerprint density at radius 2 is 2.05 bits per heavy atom. The first-order valence-corrected chi connectivity index (χ1v) is 7.36. The van der Waals surface area contributed by atoms with Crippen molar-refractivity contribution in [3.05, 3.63) is 41.8 Å². The maximum atomic E-state index is 13.5. The smallest absolute Gasteiger partial charge is 0.240 e. The molecule has 2 rings (SSSR count). The molecule has 0 saturated carbocycles. The molecular formula is C14H18FN3OS. The van der Waals surface area contributed by atoms with E-state index >= 15 is 0 Å². The van der Waals surface area contributed by atoms with Crippen molar-refractivity contribution in [2.45, 2.75) is 43.5 Å². The standard InChI is InChI=1S/C14H18FN3OS/c1-14(2,3)16-8-13-17-12(18-19-13)9-20-11-7-5-4-6-10(11)15/h4-7,16H,8-9H2,1-3H3. The van der Waals surface area contributed by atoms with Crippen molar-refractivity contribution in [2.24, 2.45) is 0 Å². The number of halogens is 1. The van der Waals surface area contributed by atoms with Gasteiger partial charge in [-0.2, -0.15) is 4.98 Å². The Bertz CT molecular complexity index is 566. The predicted octanol–water partition coefficient (Wildman–Crippen LogP) is 3.39. The Hall–Kier alpha value is -1.40. The lowest BCUT2D eigenvalue weighted by Crippen LogP contribution is -2.35. The SMILES string of the molecule is CC(C)(C)NCc1nc(CSc2ccccc2F)no1. The van der Waals surface area contributed by atoms with Crippen LogP contribution in [0.5, 0.6) is 0 Å². The molecule has 20 heavy (non-hydrogen) atoms. The second-order valence-electron chi connectivity index (χ2n) is 5.43. The molecule has 0 radical (unpaired) electrons. The number of aromatic nitrogens is 2. The molecule has 1 heterocycles. The highest BCUT2D eigenvalue weighted by Gasteiger charge is 2.12. The lowest BCUT2D eigenvalue weighted by molar-refractivity contribution is 0.334. The fourth-order valence-corrected chi connectivity index (χ4v) is 2.25. The summed E-state index contributed by atoms with van der Waals surface area (Å²) in [5, 5.41) is 7.16. The van der Waals surface area contributed by atoms with Gasteiger partial charge in [0.1, 0.15) is 5.82 Å². The fourth-order valence-electron chi connectivity index (χ4n) is 1.47. The Balaban J connectivity index is 1.89. The first-order chi connectivity index (χ1) is 9.44. The average molecular weight is 295 g/mol. The van der Waals surface area contributed by atoms with Gasteiger partial charge in [0.15, 0.2) is 5.82 Å². The maximum absolute atomic E-state index is 13.5. The van der Waals surface area contributed by atoms with Crippen LogP contribution in [0.25, 0.3) is 0 Å². The molecule has 2 aromatic rings. The van der Waals surface area contributed by atoms with Crippen LogP contribution in [0, 0.1) is 5.82 Å². The molecule has 0 bridgehead atoms. The summed E-state index contributed by atoms with van der Waals surface area (Å²) in [4.78, 5) is 4.86. The minimum Gasteiger partial charge on any atom is -0.338 e. The van der Waals surface area contributed by atoms with Gasteiger partial charge in [-0.25, -0.2) is 4.39 Å². The van der Waals surface area contributed by atoms with Crippen LogP contribution in [0.2, 0.25) is 0 Å². The second kappa shape index (κ2) is 6.37. The third-order valence-corrected chi connectivity index (χ3v) is 3.52. The number of hydrogen-bond donors (Lipinski definition) is 1. The monoisotopic (exact) mass is 295 g/mol. The second-order valence-corrected chi connectivity index (χ2v) is 6.44. The van der Waals surface area contributed by atoms with E-state index in [9.17, 15) is 4.39 Å². The van der Waals surface area contributed by atoms with Crippen LogP contribution in [0.4, 0.5) is 4.39 Å². The minimum atomic E-state index is -0.226. The first kappa shape index (κ1) is 15.0. The van der Waals surface area contributed by atoms with Gasteiger partial charge in [-0.05, 0) is 32.9 Å². The van der Waals surface area contributed by atoms with E-state index in [0.717, 1.165) is 0 Å². The van der Waals surface area contributed by atoms with Gasteiger partial charge in [-0.15, -0.1) is 11.8 Å². The third kappa shape index (κ3) is 4.61. The van der Waals surface area contributed by atoms with Gasteiger partial charge < -0.3 is 9.84 Å². The van der Waals surface area contributed by atoms with E-state index in [0.29, 0.717) is 28.9 Å². The summed E-state index contributed by atoms with van der Waals surface area (Å²) in [5.41, 5.74) is -0.00342. The van der Waals surface area contributed by atoms with E-state index in [1.165, 1.54) is 17.8 Å². The molecule has 0 aliphatic carbocycles. The Morgan fingerprint density at radius 1 is 1.30 bits per heavy atom. The molecule has 1 aromatic carbocycles. The molecule has 6 heteroatoms. The zero-order chi connectivity index (χ0) is 14.6. The molecule has 0 aliphatic heterocycles. The lowest BCUT2D eigenvalue weighted by atomic mass is 10.1. The van der Waals surface area contributed by atoms with Crippen LogP contribution in [0.3, 0.4) is 0 Å². The highest BCUT2D eigenvalue weighted by Crippen LogP contribution is 2.24. The van der Waals surface area contributed by atoms with E-state index in [-0.39, 0.29) is 11.4 Å². The molecule has 0 amide bonds. The zero-order valence-electron chi connectivity index (χ0n) is 11.8. The van der Waals surface area contributed by atoms with E-state index in [1.807, 2.05) is 0 Å². The summed E-state index contributed by atoms with van der Waals surface area (Å²) in [6.45, 7) is 6.73. The number of rotatable bonds is 5. The van der Waals surface area contributed by atoms with Crippen LogP contribution in [0.15, 0.2) is 33.7 Å². The average Bonchev–Trinajstić information content (AvgIpc) is 2.83. The van der Waals surface area contributed by atoms with Gasteiger partial charge in [-0.1, -0.05) is 17.3 Å². The molecule has 108 valence electrons. The first-order valence-electron chi connectivity index (χ1n) is 6.38. The molecular weight excluding hydrogens is 277 g/mol. The van der Waals surface area contributed by atoms with Crippen LogP contribution >= 0.6 is 11.8 Å². The summed E-state index contributed by atoms with van der Waals surface area (Å²) in [6.07, 6.45) is 0. The van der Waals surface area contributed by atoms with Gasteiger partial charge in [0.25, 0.3) is 0 Å². The maximum Gasteiger partial charge on any atom is 0.240 e. The number of nitrogens with one attached hydrogen (secondary N) is 1. The topological polar surface area (TPSA) is 51.0 Å². The molecule has 1 aromatic heterocycles. The largest absolute Gasteiger partial charge is 0.338 e. The fraction of sp³-hybridized carbons (Fsp3) is 0.429. The molecule has 0 unspecified atom stereocenters. The summed E-state index contributed by atoms with van der Waals surface area (Å²) in [6, 6.07) is 6.66. The van der Waals surface area contributed by atoms with Crippen LogP contribution < -0.4 is 5.32 Å². The van der Waals surface area contributed by atoms with E-state index in [2.05, 4.69) is 36.2 Å². The van der Waals surface area contributed by atoms with Gasteiger partial charge in [0, 0.05) is 10.4 Å². The number of nitrogens with zero attached hydrogens (tertiary/aromatic N) is 2. The molecule has 4 nitrogen and oxygen atoms in total. The normalized spacial score (nSPS) is 11.8. The van der Waals surface area contributed by atoms with Gasteiger partial charge in [0.2, 0.25) is 5.89 Å². The third-order valence-electron chi connectivity index (χ3n) is 2.47. The molecule has 0 atom stereocenters. The zero-order valence-corrected chi connectivity index (χ0v) is 12.6. The van der Waals surface area contributed by atoms with Gasteiger partial charge in [-0.3, -0.25) is 0 Å². The van der Waals surface area contributed by atoms with Crippen molar-refractivity contribution in [2.75, 3.05) is 0 Å². The van der Waals surface area contributed by atoms with Crippen LogP contribution in [0.1, 0.15) is 32.5 Å². The summed E-state index contributed by atoms with van der Waals surface area (Å²) in [5.74, 6) is 1.38.